The maximum Gasteiger partial charge on any atom is 0.0377 e. The minimum absolute atomic E-state index is 0.698. The molecule has 1 atom stereocenters. The molecule has 1 aliphatic heterocycles. The molecule has 1 heterocycles. The summed E-state index contributed by atoms with van der Waals surface area (Å²) in [4.78, 5) is 2.49. The lowest BCUT2D eigenvalue weighted by Crippen LogP contribution is -2.20. The zero-order valence-corrected chi connectivity index (χ0v) is 13.8. The van der Waals surface area contributed by atoms with Crippen LogP contribution in [0.25, 0.3) is 0 Å². The zero-order valence-electron chi connectivity index (χ0n) is 12.2. The molecule has 1 aromatic rings. The van der Waals surface area contributed by atoms with Crippen molar-refractivity contribution in [1.82, 2.24) is 5.32 Å². The first-order valence-corrected chi connectivity index (χ1v) is 8.09. The number of nitrogens with zero attached hydrogens (tertiary/aromatic N) is 1. The van der Waals surface area contributed by atoms with Crippen LogP contribution in [0.3, 0.4) is 0 Å². The van der Waals surface area contributed by atoms with Crippen LogP contribution in [0, 0.1) is 11.8 Å². The van der Waals surface area contributed by atoms with E-state index in [1.165, 1.54) is 35.2 Å². The molecule has 1 aromatic carbocycles. The van der Waals surface area contributed by atoms with Crippen LogP contribution in [0.1, 0.15) is 32.8 Å². The highest BCUT2D eigenvalue weighted by atomic mass is 79.9. The van der Waals surface area contributed by atoms with Crippen molar-refractivity contribution in [2.24, 2.45) is 11.8 Å². The summed E-state index contributed by atoms with van der Waals surface area (Å²) in [5.41, 5.74) is 2.69. The van der Waals surface area contributed by atoms with Gasteiger partial charge in [-0.25, -0.2) is 0 Å². The van der Waals surface area contributed by atoms with Crippen molar-refractivity contribution in [3.8, 4) is 0 Å². The molecule has 0 aromatic heterocycles. The number of hydrogen-bond donors (Lipinski definition) is 1. The molecule has 19 heavy (non-hydrogen) atoms. The fraction of sp³-hybridized carbons (Fsp3) is 0.625. The van der Waals surface area contributed by atoms with Gasteiger partial charge in [-0.1, -0.05) is 42.8 Å². The summed E-state index contributed by atoms with van der Waals surface area (Å²) in [6.07, 6.45) is 1.31. The fourth-order valence-electron chi connectivity index (χ4n) is 2.54. The molecule has 0 amide bonds. The molecule has 0 bridgehead atoms. The van der Waals surface area contributed by atoms with Gasteiger partial charge in [0.2, 0.25) is 0 Å². The third-order valence-electron chi connectivity index (χ3n) is 3.69. The van der Waals surface area contributed by atoms with Gasteiger partial charge in [0.25, 0.3) is 0 Å². The lowest BCUT2D eigenvalue weighted by molar-refractivity contribution is 0.552. The molecule has 1 saturated heterocycles. The summed E-state index contributed by atoms with van der Waals surface area (Å²) in [5, 5.41) is 3.49. The molecular weight excluding hydrogens is 300 g/mol. The van der Waals surface area contributed by atoms with Crippen molar-refractivity contribution in [3.05, 3.63) is 28.2 Å². The van der Waals surface area contributed by atoms with E-state index < -0.39 is 0 Å². The Kier molecular flexibility index (Phi) is 5.28. The van der Waals surface area contributed by atoms with E-state index >= 15 is 0 Å². The standard InChI is InChI=1S/C16H25BrN2/c1-12(2)9-18-10-14-4-5-15(8-16(14)17)19-7-6-13(3)11-19/h4-5,8,12-13,18H,6-7,9-11H2,1-3H3. The lowest BCUT2D eigenvalue weighted by Gasteiger charge is -2.19. The SMILES string of the molecule is CC(C)CNCc1ccc(N2CCC(C)C2)cc1Br. The third kappa shape index (κ3) is 4.22. The highest BCUT2D eigenvalue weighted by Gasteiger charge is 2.19. The van der Waals surface area contributed by atoms with Crippen LogP contribution in [0.2, 0.25) is 0 Å². The van der Waals surface area contributed by atoms with E-state index in [1.54, 1.807) is 0 Å². The second-order valence-corrected chi connectivity index (χ2v) is 6.99. The van der Waals surface area contributed by atoms with Gasteiger partial charge in [0.05, 0.1) is 0 Å². The smallest absolute Gasteiger partial charge is 0.0377 e. The van der Waals surface area contributed by atoms with Crippen LogP contribution in [-0.4, -0.2) is 19.6 Å². The van der Waals surface area contributed by atoms with Gasteiger partial charge in [-0.15, -0.1) is 0 Å². The minimum atomic E-state index is 0.698. The number of rotatable bonds is 5. The molecule has 0 saturated carbocycles. The Morgan fingerprint density at radius 2 is 2.21 bits per heavy atom. The molecule has 1 fully saturated rings. The largest absolute Gasteiger partial charge is 0.371 e. The number of anilines is 1. The monoisotopic (exact) mass is 324 g/mol. The molecule has 2 rings (SSSR count). The summed E-state index contributed by atoms with van der Waals surface area (Å²) in [6, 6.07) is 6.77. The first kappa shape index (κ1) is 14.9. The maximum absolute atomic E-state index is 3.71. The number of hydrogen-bond acceptors (Lipinski definition) is 2. The summed E-state index contributed by atoms with van der Waals surface area (Å²) in [7, 11) is 0. The number of nitrogens with one attached hydrogen (secondary N) is 1. The summed E-state index contributed by atoms with van der Waals surface area (Å²) < 4.78 is 1.22. The maximum atomic E-state index is 3.71. The molecule has 1 N–H and O–H groups in total. The Hall–Kier alpha value is -0.540. The molecule has 2 nitrogen and oxygen atoms in total. The topological polar surface area (TPSA) is 15.3 Å². The molecule has 1 unspecified atom stereocenters. The van der Waals surface area contributed by atoms with Gasteiger partial charge in [0.15, 0.2) is 0 Å². The van der Waals surface area contributed by atoms with Crippen LogP contribution < -0.4 is 10.2 Å². The van der Waals surface area contributed by atoms with Crippen molar-refractivity contribution in [1.29, 1.82) is 0 Å². The van der Waals surface area contributed by atoms with Crippen molar-refractivity contribution in [2.75, 3.05) is 24.5 Å². The molecule has 0 aliphatic carbocycles. The van der Waals surface area contributed by atoms with Crippen LogP contribution >= 0.6 is 15.9 Å². The summed E-state index contributed by atoms with van der Waals surface area (Å²) >= 11 is 3.71. The van der Waals surface area contributed by atoms with Gasteiger partial charge in [-0.3, -0.25) is 0 Å². The van der Waals surface area contributed by atoms with E-state index in [0.717, 1.165) is 19.0 Å². The van der Waals surface area contributed by atoms with Gasteiger partial charge in [0, 0.05) is 29.8 Å². The van der Waals surface area contributed by atoms with Crippen molar-refractivity contribution >= 4 is 21.6 Å². The molecular formula is C16H25BrN2. The van der Waals surface area contributed by atoms with Gasteiger partial charge in [-0.2, -0.15) is 0 Å². The first-order valence-electron chi connectivity index (χ1n) is 7.30. The Balaban J connectivity index is 1.97. The molecule has 0 radical (unpaired) electrons. The van der Waals surface area contributed by atoms with E-state index in [0.29, 0.717) is 5.92 Å². The Morgan fingerprint density at radius 3 is 2.79 bits per heavy atom. The Morgan fingerprint density at radius 1 is 1.42 bits per heavy atom. The molecule has 106 valence electrons. The fourth-order valence-corrected chi connectivity index (χ4v) is 3.05. The minimum Gasteiger partial charge on any atom is -0.371 e. The van der Waals surface area contributed by atoms with E-state index in [1.807, 2.05) is 0 Å². The van der Waals surface area contributed by atoms with Gasteiger partial charge < -0.3 is 10.2 Å². The predicted molar refractivity (Wildman–Crippen MR) is 86.7 cm³/mol. The molecule has 1 aliphatic rings. The average molecular weight is 325 g/mol. The average Bonchev–Trinajstić information content (AvgIpc) is 2.77. The first-order chi connectivity index (χ1) is 9.06. The van der Waals surface area contributed by atoms with Crippen molar-refractivity contribution < 1.29 is 0 Å². The summed E-state index contributed by atoms with van der Waals surface area (Å²) in [6.45, 7) is 11.2. The Labute approximate surface area is 125 Å². The molecule has 0 spiro atoms. The highest BCUT2D eigenvalue weighted by Crippen LogP contribution is 2.28. The zero-order chi connectivity index (χ0) is 13.8. The second-order valence-electron chi connectivity index (χ2n) is 6.14. The van der Waals surface area contributed by atoms with Crippen LogP contribution in [0.4, 0.5) is 5.69 Å². The number of benzene rings is 1. The quantitative estimate of drug-likeness (QED) is 0.879. The number of halogens is 1. The normalized spacial score (nSPS) is 19.4. The van der Waals surface area contributed by atoms with E-state index in [-0.39, 0.29) is 0 Å². The highest BCUT2D eigenvalue weighted by molar-refractivity contribution is 9.10. The van der Waals surface area contributed by atoms with Crippen molar-refractivity contribution in [3.63, 3.8) is 0 Å². The summed E-state index contributed by atoms with van der Waals surface area (Å²) in [5.74, 6) is 1.52. The third-order valence-corrected chi connectivity index (χ3v) is 4.43. The van der Waals surface area contributed by atoms with Gasteiger partial charge in [-0.05, 0) is 42.5 Å². The predicted octanol–water partition coefficient (Wildman–Crippen LogP) is 4.04. The van der Waals surface area contributed by atoms with E-state index in [2.05, 4.69) is 65.1 Å². The van der Waals surface area contributed by atoms with Crippen LogP contribution in [0.5, 0.6) is 0 Å². The van der Waals surface area contributed by atoms with E-state index in [9.17, 15) is 0 Å². The van der Waals surface area contributed by atoms with Crippen LogP contribution in [-0.2, 0) is 6.54 Å². The van der Waals surface area contributed by atoms with E-state index in [4.69, 9.17) is 0 Å². The van der Waals surface area contributed by atoms with Crippen LogP contribution in [0.15, 0.2) is 22.7 Å². The lowest BCUT2D eigenvalue weighted by atomic mass is 10.1. The van der Waals surface area contributed by atoms with Crippen molar-refractivity contribution in [2.45, 2.75) is 33.7 Å². The molecule has 3 heteroatoms. The van der Waals surface area contributed by atoms with Gasteiger partial charge in [0.1, 0.15) is 0 Å². The van der Waals surface area contributed by atoms with Gasteiger partial charge >= 0.3 is 0 Å². The second kappa shape index (κ2) is 6.76. The Bertz CT molecular complexity index is 417.